The smallest absolute Gasteiger partial charge is 0.0586 e. The molecule has 0 amide bonds. The lowest BCUT2D eigenvalue weighted by Crippen LogP contribution is -2.54. The normalized spacial score (nSPS) is 24.0. The maximum Gasteiger partial charge on any atom is 0.0586 e. The molecule has 0 saturated carbocycles. The minimum Gasteiger partial charge on any atom is -0.403 e. The van der Waals surface area contributed by atoms with E-state index in [1.165, 1.54) is 0 Å². The number of hydrogen-bond donors (Lipinski definition) is 2. The standard InChI is InChI=1S/C9H20N4/c1-9(2,3)12-4-5-13(11)8(6-10)7-12/h6H,4-5,7,10-11H2,1-3H3/b8-6-. The summed E-state index contributed by atoms with van der Waals surface area (Å²) in [4.78, 5) is 2.37. The maximum atomic E-state index is 5.75. The first kappa shape index (κ1) is 10.3. The molecule has 0 spiro atoms. The van der Waals surface area contributed by atoms with Crippen LogP contribution in [0.25, 0.3) is 0 Å². The highest BCUT2D eigenvalue weighted by Gasteiger charge is 2.26. The predicted octanol–water partition coefficient (Wildman–Crippen LogP) is 0.0763. The summed E-state index contributed by atoms with van der Waals surface area (Å²) in [5.74, 6) is 5.75. The van der Waals surface area contributed by atoms with Crippen molar-refractivity contribution in [1.29, 1.82) is 0 Å². The number of nitrogens with two attached hydrogens (primary N) is 2. The zero-order valence-corrected chi connectivity index (χ0v) is 8.75. The highest BCUT2D eigenvalue weighted by Crippen LogP contribution is 2.18. The summed E-state index contributed by atoms with van der Waals surface area (Å²) in [6, 6.07) is 0. The topological polar surface area (TPSA) is 58.5 Å². The second kappa shape index (κ2) is 3.55. The third kappa shape index (κ3) is 2.35. The molecular formula is C9H20N4. The minimum absolute atomic E-state index is 0.190. The van der Waals surface area contributed by atoms with Gasteiger partial charge in [-0.15, -0.1) is 0 Å². The van der Waals surface area contributed by atoms with Crippen LogP contribution in [0.4, 0.5) is 0 Å². The first-order valence-electron chi connectivity index (χ1n) is 4.63. The van der Waals surface area contributed by atoms with Crippen molar-refractivity contribution in [1.82, 2.24) is 9.91 Å². The fraction of sp³-hybridized carbons (Fsp3) is 0.778. The molecule has 1 aliphatic rings. The van der Waals surface area contributed by atoms with Gasteiger partial charge in [-0.1, -0.05) is 0 Å². The molecule has 0 atom stereocenters. The number of piperazine rings is 1. The lowest BCUT2D eigenvalue weighted by atomic mass is 10.0. The van der Waals surface area contributed by atoms with Gasteiger partial charge in [0.25, 0.3) is 0 Å². The van der Waals surface area contributed by atoms with E-state index < -0.39 is 0 Å². The molecule has 0 bridgehead atoms. The van der Waals surface area contributed by atoms with Crippen molar-refractivity contribution >= 4 is 0 Å². The Hall–Kier alpha value is -0.740. The minimum atomic E-state index is 0.190. The highest BCUT2D eigenvalue weighted by molar-refractivity contribution is 5.04. The summed E-state index contributed by atoms with van der Waals surface area (Å²) in [7, 11) is 0. The lowest BCUT2D eigenvalue weighted by molar-refractivity contribution is 0.0913. The molecule has 1 rings (SSSR count). The summed E-state index contributed by atoms with van der Waals surface area (Å²) in [6.45, 7) is 9.29. The molecule has 1 saturated heterocycles. The van der Waals surface area contributed by atoms with Crippen LogP contribution >= 0.6 is 0 Å². The van der Waals surface area contributed by atoms with Gasteiger partial charge in [-0.05, 0) is 20.8 Å². The first-order chi connectivity index (χ1) is 5.95. The van der Waals surface area contributed by atoms with E-state index >= 15 is 0 Å². The molecule has 4 nitrogen and oxygen atoms in total. The zero-order chi connectivity index (χ0) is 10.1. The molecule has 76 valence electrons. The number of nitrogens with zero attached hydrogens (tertiary/aromatic N) is 2. The Bertz CT molecular complexity index is 204. The van der Waals surface area contributed by atoms with Gasteiger partial charge in [-0.25, -0.2) is 5.84 Å². The van der Waals surface area contributed by atoms with Crippen molar-refractivity contribution in [2.75, 3.05) is 19.6 Å². The van der Waals surface area contributed by atoms with E-state index in [-0.39, 0.29) is 5.54 Å². The van der Waals surface area contributed by atoms with Gasteiger partial charge < -0.3 is 10.7 Å². The van der Waals surface area contributed by atoms with Crippen molar-refractivity contribution in [3.05, 3.63) is 11.9 Å². The van der Waals surface area contributed by atoms with Crippen LogP contribution in [0.5, 0.6) is 0 Å². The van der Waals surface area contributed by atoms with Crippen LogP contribution in [0.2, 0.25) is 0 Å². The van der Waals surface area contributed by atoms with E-state index in [1.807, 2.05) is 0 Å². The van der Waals surface area contributed by atoms with Crippen molar-refractivity contribution in [2.45, 2.75) is 26.3 Å². The predicted molar refractivity (Wildman–Crippen MR) is 54.5 cm³/mol. The molecule has 0 aromatic heterocycles. The number of hydrazine groups is 1. The van der Waals surface area contributed by atoms with E-state index in [4.69, 9.17) is 11.6 Å². The zero-order valence-electron chi connectivity index (χ0n) is 8.75. The van der Waals surface area contributed by atoms with E-state index in [2.05, 4.69) is 25.7 Å². The van der Waals surface area contributed by atoms with Crippen LogP contribution in [0.1, 0.15) is 20.8 Å². The summed E-state index contributed by atoms with van der Waals surface area (Å²) in [5, 5.41) is 1.72. The Morgan fingerprint density at radius 1 is 1.31 bits per heavy atom. The van der Waals surface area contributed by atoms with Crippen LogP contribution in [0.3, 0.4) is 0 Å². The quantitative estimate of drug-likeness (QED) is 0.523. The molecule has 0 aromatic carbocycles. The van der Waals surface area contributed by atoms with Crippen molar-refractivity contribution in [2.24, 2.45) is 11.6 Å². The second-order valence-corrected chi connectivity index (χ2v) is 4.44. The third-order valence-corrected chi connectivity index (χ3v) is 2.47. The van der Waals surface area contributed by atoms with Crippen LogP contribution in [0, 0.1) is 0 Å². The summed E-state index contributed by atoms with van der Waals surface area (Å²) < 4.78 is 0. The van der Waals surface area contributed by atoms with Gasteiger partial charge in [-0.3, -0.25) is 4.90 Å². The average Bonchev–Trinajstić information content (AvgIpc) is 2.03. The van der Waals surface area contributed by atoms with Crippen LogP contribution in [-0.4, -0.2) is 35.1 Å². The molecule has 0 aromatic rings. The Morgan fingerprint density at radius 2 is 1.92 bits per heavy atom. The van der Waals surface area contributed by atoms with Crippen LogP contribution in [0.15, 0.2) is 11.9 Å². The van der Waals surface area contributed by atoms with E-state index in [0.29, 0.717) is 0 Å². The van der Waals surface area contributed by atoms with Gasteiger partial charge in [0.05, 0.1) is 5.70 Å². The van der Waals surface area contributed by atoms with E-state index in [9.17, 15) is 0 Å². The van der Waals surface area contributed by atoms with Crippen LogP contribution in [-0.2, 0) is 0 Å². The maximum absolute atomic E-state index is 5.75. The summed E-state index contributed by atoms with van der Waals surface area (Å²) >= 11 is 0. The Kier molecular flexibility index (Phi) is 2.83. The van der Waals surface area contributed by atoms with E-state index in [1.54, 1.807) is 11.2 Å². The Labute approximate surface area is 80.1 Å². The molecule has 4 heteroatoms. The first-order valence-corrected chi connectivity index (χ1v) is 4.63. The molecule has 1 fully saturated rings. The van der Waals surface area contributed by atoms with E-state index in [0.717, 1.165) is 25.3 Å². The largest absolute Gasteiger partial charge is 0.403 e. The summed E-state index contributed by atoms with van der Waals surface area (Å²) in [5.41, 5.74) is 6.68. The molecule has 13 heavy (non-hydrogen) atoms. The molecule has 0 unspecified atom stereocenters. The molecule has 4 N–H and O–H groups in total. The highest BCUT2D eigenvalue weighted by atomic mass is 15.5. The van der Waals surface area contributed by atoms with Gasteiger partial charge in [0, 0.05) is 31.4 Å². The molecule has 0 aliphatic carbocycles. The monoisotopic (exact) mass is 184 g/mol. The number of rotatable bonds is 0. The second-order valence-electron chi connectivity index (χ2n) is 4.44. The molecule has 1 heterocycles. The van der Waals surface area contributed by atoms with Gasteiger partial charge in [0.1, 0.15) is 0 Å². The van der Waals surface area contributed by atoms with Gasteiger partial charge in [0.2, 0.25) is 0 Å². The Morgan fingerprint density at radius 3 is 2.38 bits per heavy atom. The van der Waals surface area contributed by atoms with Crippen molar-refractivity contribution < 1.29 is 0 Å². The average molecular weight is 184 g/mol. The SMILES string of the molecule is CC(C)(C)N1CCN(N)/C(=C\N)C1. The fourth-order valence-electron chi connectivity index (χ4n) is 1.46. The van der Waals surface area contributed by atoms with Crippen LogP contribution < -0.4 is 11.6 Å². The van der Waals surface area contributed by atoms with Gasteiger partial charge >= 0.3 is 0 Å². The lowest BCUT2D eigenvalue weighted by Gasteiger charge is -2.42. The molecular weight excluding hydrogens is 164 g/mol. The molecule has 0 radical (unpaired) electrons. The number of hydrogen-bond acceptors (Lipinski definition) is 4. The van der Waals surface area contributed by atoms with Gasteiger partial charge in [-0.2, -0.15) is 0 Å². The van der Waals surface area contributed by atoms with Crippen molar-refractivity contribution in [3.63, 3.8) is 0 Å². The fourth-order valence-corrected chi connectivity index (χ4v) is 1.46. The van der Waals surface area contributed by atoms with Crippen molar-refractivity contribution in [3.8, 4) is 0 Å². The molecule has 1 aliphatic heterocycles. The third-order valence-electron chi connectivity index (χ3n) is 2.47. The Balaban J connectivity index is 2.66. The van der Waals surface area contributed by atoms with Gasteiger partial charge in [0.15, 0.2) is 0 Å². The summed E-state index contributed by atoms with van der Waals surface area (Å²) in [6.07, 6.45) is 1.60.